The van der Waals surface area contributed by atoms with Gasteiger partial charge < -0.3 is 15.0 Å². The summed E-state index contributed by atoms with van der Waals surface area (Å²) < 4.78 is 6.51. The molecule has 0 atom stereocenters. The Hall–Kier alpha value is -0.120. The Balaban J connectivity index is 0.00000264. The molecule has 0 bridgehead atoms. The minimum atomic E-state index is 0. The molecule has 0 amide bonds. The van der Waals surface area contributed by atoms with E-state index in [1.165, 1.54) is 14.2 Å². The van der Waals surface area contributed by atoms with Crippen LogP contribution in [0.2, 0.25) is 0 Å². The molecule has 1 aromatic heterocycles. The van der Waals surface area contributed by atoms with E-state index >= 15 is 0 Å². The zero-order chi connectivity index (χ0) is 15.8. The van der Waals surface area contributed by atoms with Crippen molar-refractivity contribution >= 4 is 57.2 Å². The van der Waals surface area contributed by atoms with E-state index < -0.39 is 0 Å². The minimum Gasteiger partial charge on any atom is -0.377 e. The summed E-state index contributed by atoms with van der Waals surface area (Å²) in [6.07, 6.45) is 4.26. The third-order valence-corrected chi connectivity index (χ3v) is 5.08. The van der Waals surface area contributed by atoms with Gasteiger partial charge in [0, 0.05) is 25.0 Å². The van der Waals surface area contributed by atoms with Crippen LogP contribution in [0.25, 0.3) is 0 Å². The zero-order valence-electron chi connectivity index (χ0n) is 13.7. The summed E-state index contributed by atoms with van der Waals surface area (Å²) in [7, 11) is 2.09. The van der Waals surface area contributed by atoms with Crippen molar-refractivity contribution in [3.8, 4) is 0 Å². The summed E-state index contributed by atoms with van der Waals surface area (Å²) in [6, 6.07) is 4.25. The van der Waals surface area contributed by atoms with Crippen LogP contribution < -0.4 is 5.32 Å². The van der Waals surface area contributed by atoms with E-state index in [0.717, 1.165) is 51.6 Å². The van der Waals surface area contributed by atoms with Crippen LogP contribution in [0.4, 0.5) is 0 Å². The molecule has 0 aromatic carbocycles. The second-order valence-corrected chi connectivity index (χ2v) is 7.78. The first-order chi connectivity index (χ1) is 10.7. The molecule has 1 aliphatic heterocycles. The van der Waals surface area contributed by atoms with Gasteiger partial charge in [0.25, 0.3) is 0 Å². The number of nitrogens with zero attached hydrogens (tertiary/aromatic N) is 2. The fraction of sp³-hybridized carbons (Fsp3) is 0.562. The molecule has 1 aliphatic rings. The van der Waals surface area contributed by atoms with Crippen molar-refractivity contribution in [2.45, 2.75) is 26.3 Å². The largest absolute Gasteiger partial charge is 0.377 e. The number of halogens is 2. The van der Waals surface area contributed by atoms with Gasteiger partial charge in [-0.25, -0.2) is 0 Å². The lowest BCUT2D eigenvalue weighted by Crippen LogP contribution is -2.38. The van der Waals surface area contributed by atoms with E-state index in [1.807, 2.05) is 0 Å². The molecule has 0 aliphatic carbocycles. The zero-order valence-corrected chi connectivity index (χ0v) is 18.4. The number of rotatable bonds is 6. The predicted molar refractivity (Wildman–Crippen MR) is 113 cm³/mol. The standard InChI is InChI=1S/C16H24BrN3OS.HI/c1-3-18-16(19-9-6-13-7-10-21-11-8-13)20(2)12-14-4-5-15(17)22-14;/h4-5,7H,3,6,8-12H2,1-2H3,(H,18,19);1H. The van der Waals surface area contributed by atoms with Gasteiger partial charge >= 0.3 is 0 Å². The van der Waals surface area contributed by atoms with Crippen molar-refractivity contribution in [1.82, 2.24) is 10.2 Å². The second-order valence-electron chi connectivity index (χ2n) is 5.23. The van der Waals surface area contributed by atoms with Gasteiger partial charge in [-0.05, 0) is 47.8 Å². The summed E-state index contributed by atoms with van der Waals surface area (Å²) in [5, 5.41) is 3.37. The number of nitrogens with one attached hydrogen (secondary N) is 1. The third kappa shape index (κ3) is 7.53. The van der Waals surface area contributed by atoms with Crippen molar-refractivity contribution in [1.29, 1.82) is 0 Å². The lowest BCUT2D eigenvalue weighted by atomic mass is 10.1. The lowest BCUT2D eigenvalue weighted by molar-refractivity contribution is 0.153. The first kappa shape index (κ1) is 20.9. The Kier molecular flexibility index (Phi) is 10.4. The van der Waals surface area contributed by atoms with Crippen molar-refractivity contribution in [2.24, 2.45) is 4.99 Å². The van der Waals surface area contributed by atoms with E-state index in [4.69, 9.17) is 9.73 Å². The Labute approximate surface area is 168 Å². The topological polar surface area (TPSA) is 36.9 Å². The van der Waals surface area contributed by atoms with Crippen molar-refractivity contribution in [3.05, 3.63) is 32.4 Å². The molecule has 1 aromatic rings. The van der Waals surface area contributed by atoms with E-state index in [0.29, 0.717) is 0 Å². The van der Waals surface area contributed by atoms with Crippen molar-refractivity contribution in [3.63, 3.8) is 0 Å². The highest BCUT2D eigenvalue weighted by Crippen LogP contribution is 2.23. The molecule has 4 nitrogen and oxygen atoms in total. The normalized spacial score (nSPS) is 14.9. The first-order valence-corrected chi connectivity index (χ1v) is 9.29. The SMILES string of the molecule is CCNC(=NCCC1=CCOCC1)N(C)Cc1ccc(Br)s1.I. The Morgan fingerprint density at radius 2 is 2.30 bits per heavy atom. The summed E-state index contributed by atoms with van der Waals surface area (Å²) >= 11 is 5.28. The summed E-state index contributed by atoms with van der Waals surface area (Å²) in [5.41, 5.74) is 1.47. The van der Waals surface area contributed by atoms with Crippen LogP contribution in [0.5, 0.6) is 0 Å². The highest BCUT2D eigenvalue weighted by atomic mass is 127. The van der Waals surface area contributed by atoms with E-state index in [2.05, 4.69) is 58.3 Å². The van der Waals surface area contributed by atoms with Gasteiger partial charge in [-0.2, -0.15) is 0 Å². The Morgan fingerprint density at radius 3 is 2.91 bits per heavy atom. The molecule has 2 heterocycles. The maximum atomic E-state index is 5.34. The van der Waals surface area contributed by atoms with Crippen molar-refractivity contribution in [2.75, 3.05) is 33.4 Å². The molecular formula is C16H25BrIN3OS. The number of aliphatic imine (C=N–C) groups is 1. The fourth-order valence-electron chi connectivity index (χ4n) is 2.31. The molecule has 0 fully saturated rings. The maximum Gasteiger partial charge on any atom is 0.193 e. The van der Waals surface area contributed by atoms with Gasteiger partial charge in [0.2, 0.25) is 0 Å². The molecular weight excluding hydrogens is 489 g/mol. The molecule has 1 N–H and O–H groups in total. The van der Waals surface area contributed by atoms with Gasteiger partial charge in [0.1, 0.15) is 0 Å². The van der Waals surface area contributed by atoms with Crippen LogP contribution in [-0.2, 0) is 11.3 Å². The maximum absolute atomic E-state index is 5.34. The highest BCUT2D eigenvalue weighted by Gasteiger charge is 2.08. The van der Waals surface area contributed by atoms with Crippen LogP contribution in [0.3, 0.4) is 0 Å². The molecule has 0 unspecified atom stereocenters. The van der Waals surface area contributed by atoms with Gasteiger partial charge in [0.05, 0.1) is 23.5 Å². The second kappa shape index (κ2) is 11.4. The molecule has 23 heavy (non-hydrogen) atoms. The Bertz CT molecular complexity index is 533. The molecule has 7 heteroatoms. The van der Waals surface area contributed by atoms with Crippen molar-refractivity contribution < 1.29 is 4.74 Å². The smallest absolute Gasteiger partial charge is 0.193 e. The van der Waals surface area contributed by atoms with Gasteiger partial charge in [-0.3, -0.25) is 4.99 Å². The number of hydrogen-bond acceptors (Lipinski definition) is 3. The van der Waals surface area contributed by atoms with Crippen LogP contribution >= 0.6 is 51.2 Å². The number of thiophene rings is 1. The fourth-order valence-corrected chi connectivity index (χ4v) is 3.85. The van der Waals surface area contributed by atoms with Crippen LogP contribution in [-0.4, -0.2) is 44.2 Å². The lowest BCUT2D eigenvalue weighted by Gasteiger charge is -2.21. The van der Waals surface area contributed by atoms with E-state index in [1.54, 1.807) is 11.3 Å². The van der Waals surface area contributed by atoms with Crippen LogP contribution in [0.1, 0.15) is 24.6 Å². The molecule has 0 saturated carbocycles. The molecule has 0 spiro atoms. The first-order valence-electron chi connectivity index (χ1n) is 7.68. The minimum absolute atomic E-state index is 0. The quantitative estimate of drug-likeness (QED) is 0.267. The molecule has 0 saturated heterocycles. The summed E-state index contributed by atoms with van der Waals surface area (Å²) in [5.74, 6) is 0.972. The predicted octanol–water partition coefficient (Wildman–Crippen LogP) is 4.26. The molecule has 130 valence electrons. The Morgan fingerprint density at radius 1 is 1.48 bits per heavy atom. The average molecular weight is 514 g/mol. The van der Waals surface area contributed by atoms with Gasteiger partial charge in [0.15, 0.2) is 5.96 Å². The van der Waals surface area contributed by atoms with E-state index in [-0.39, 0.29) is 24.0 Å². The van der Waals surface area contributed by atoms with E-state index in [9.17, 15) is 0 Å². The monoisotopic (exact) mass is 513 g/mol. The number of guanidine groups is 1. The third-order valence-electron chi connectivity index (χ3n) is 3.47. The van der Waals surface area contributed by atoms with Gasteiger partial charge in [-0.15, -0.1) is 35.3 Å². The average Bonchev–Trinajstić information content (AvgIpc) is 2.92. The summed E-state index contributed by atoms with van der Waals surface area (Å²) in [4.78, 5) is 8.26. The van der Waals surface area contributed by atoms with Gasteiger partial charge in [-0.1, -0.05) is 11.6 Å². The van der Waals surface area contributed by atoms with Crippen LogP contribution in [0.15, 0.2) is 32.6 Å². The molecule has 2 rings (SSSR count). The summed E-state index contributed by atoms with van der Waals surface area (Å²) in [6.45, 7) is 6.29. The van der Waals surface area contributed by atoms with Crippen LogP contribution in [0, 0.1) is 0 Å². The highest BCUT2D eigenvalue weighted by molar-refractivity contribution is 14.0. The number of ether oxygens (including phenoxy) is 1. The number of hydrogen-bond donors (Lipinski definition) is 1. The molecule has 0 radical (unpaired) electrons.